The number of rotatable bonds is 9. The van der Waals surface area contributed by atoms with Gasteiger partial charge in [0.25, 0.3) is 5.78 Å². The fraction of sp³-hybridized carbons (Fsp3) is 0.194. The van der Waals surface area contributed by atoms with Crippen molar-refractivity contribution >= 4 is 62.9 Å². The molecule has 218 valence electrons. The van der Waals surface area contributed by atoms with Crippen molar-refractivity contribution in [3.05, 3.63) is 106 Å². The maximum absolute atomic E-state index is 13.7. The maximum Gasteiger partial charge on any atom is 0.301 e. The standard InChI is InChI=1S/C31H26ClN5O4S2/c1-3-15-41-21-11-8-10-19(16-21)26-24(27(38)25-18(2)33-23-13-6-7-14-36(23)25)28(39)29(40)37(26)30-34-35-31(43-30)42-17-20-9-4-5-12-22(20)32/h4-14,16,26,38H,3,15,17H2,1-2H3/b27-24+. The van der Waals surface area contributed by atoms with E-state index >= 15 is 0 Å². The minimum Gasteiger partial charge on any atom is -0.505 e. The normalized spacial score (nSPS) is 16.3. The predicted molar refractivity (Wildman–Crippen MR) is 168 cm³/mol. The van der Waals surface area contributed by atoms with E-state index in [1.807, 2.05) is 43.3 Å². The number of carbonyl (C=O) groups is 2. The number of aliphatic hydroxyl groups is 1. The number of imidazole rings is 1. The van der Waals surface area contributed by atoms with Gasteiger partial charge in [-0.3, -0.25) is 18.9 Å². The number of ketones is 1. The summed E-state index contributed by atoms with van der Waals surface area (Å²) in [7, 11) is 0. The molecule has 2 aromatic carbocycles. The molecule has 0 saturated carbocycles. The third-order valence-corrected chi connectivity index (χ3v) is 9.40. The average Bonchev–Trinajstić information content (AvgIpc) is 3.69. The number of ether oxygens (including phenoxy) is 1. The van der Waals surface area contributed by atoms with E-state index < -0.39 is 17.7 Å². The van der Waals surface area contributed by atoms with Crippen molar-refractivity contribution in [1.82, 2.24) is 19.6 Å². The molecule has 1 unspecified atom stereocenters. The Labute approximate surface area is 260 Å². The number of benzene rings is 2. The summed E-state index contributed by atoms with van der Waals surface area (Å²) in [5.41, 5.74) is 2.92. The number of hydrogen-bond acceptors (Lipinski definition) is 9. The zero-order valence-corrected chi connectivity index (χ0v) is 25.6. The topological polar surface area (TPSA) is 110 Å². The second-order valence-corrected chi connectivity index (χ2v) is 12.4. The summed E-state index contributed by atoms with van der Waals surface area (Å²) in [4.78, 5) is 33.3. The van der Waals surface area contributed by atoms with Crippen molar-refractivity contribution in [2.45, 2.75) is 36.4 Å². The quantitative estimate of drug-likeness (QED) is 0.0618. The van der Waals surface area contributed by atoms with Crippen LogP contribution in [0, 0.1) is 6.92 Å². The van der Waals surface area contributed by atoms with E-state index in [2.05, 4.69) is 15.2 Å². The first-order valence-electron chi connectivity index (χ1n) is 13.5. The predicted octanol–water partition coefficient (Wildman–Crippen LogP) is 6.86. The van der Waals surface area contributed by atoms with Crippen molar-refractivity contribution in [2.24, 2.45) is 0 Å². The van der Waals surface area contributed by atoms with E-state index in [1.165, 1.54) is 28.0 Å². The molecule has 3 aromatic heterocycles. The van der Waals surface area contributed by atoms with Crippen LogP contribution in [0.5, 0.6) is 5.75 Å². The highest BCUT2D eigenvalue weighted by molar-refractivity contribution is 8.00. The highest BCUT2D eigenvalue weighted by atomic mass is 35.5. The lowest BCUT2D eigenvalue weighted by atomic mass is 9.96. The van der Waals surface area contributed by atoms with Crippen molar-refractivity contribution < 1.29 is 19.4 Å². The summed E-state index contributed by atoms with van der Waals surface area (Å²) < 4.78 is 8.17. The minimum absolute atomic E-state index is 0.0631. The lowest BCUT2D eigenvalue weighted by Gasteiger charge is -2.23. The number of aryl methyl sites for hydroxylation is 1. The number of hydrogen-bond donors (Lipinski definition) is 1. The molecule has 0 bridgehead atoms. The molecule has 1 amide bonds. The monoisotopic (exact) mass is 631 g/mol. The van der Waals surface area contributed by atoms with Gasteiger partial charge in [0.1, 0.15) is 17.1 Å². The van der Waals surface area contributed by atoms with Crippen LogP contribution in [0.1, 0.15) is 41.9 Å². The molecule has 12 heteroatoms. The Morgan fingerprint density at radius 2 is 1.91 bits per heavy atom. The van der Waals surface area contributed by atoms with Crippen molar-refractivity contribution in [3.63, 3.8) is 0 Å². The summed E-state index contributed by atoms with van der Waals surface area (Å²) in [6.07, 6.45) is 2.57. The molecule has 1 N–H and O–H groups in total. The Kier molecular flexibility index (Phi) is 8.20. The Hall–Kier alpha value is -4.19. The maximum atomic E-state index is 13.7. The van der Waals surface area contributed by atoms with Crippen LogP contribution in [0.25, 0.3) is 11.4 Å². The van der Waals surface area contributed by atoms with Crippen LogP contribution >= 0.6 is 34.7 Å². The number of fused-ring (bicyclic) bond motifs is 1. The largest absolute Gasteiger partial charge is 0.505 e. The molecule has 1 aliphatic heterocycles. The number of nitrogens with zero attached hydrogens (tertiary/aromatic N) is 5. The lowest BCUT2D eigenvalue weighted by Crippen LogP contribution is -2.29. The summed E-state index contributed by atoms with van der Waals surface area (Å²) >= 11 is 8.94. The molecular formula is C31H26ClN5O4S2. The van der Waals surface area contributed by atoms with Gasteiger partial charge in [-0.15, -0.1) is 10.2 Å². The average molecular weight is 632 g/mol. The molecule has 1 aliphatic rings. The van der Waals surface area contributed by atoms with Crippen molar-refractivity contribution in [3.8, 4) is 5.75 Å². The van der Waals surface area contributed by atoms with Crippen molar-refractivity contribution in [2.75, 3.05) is 11.5 Å². The molecule has 0 spiro atoms. The molecule has 5 aromatic rings. The van der Waals surface area contributed by atoms with E-state index in [9.17, 15) is 14.7 Å². The smallest absolute Gasteiger partial charge is 0.301 e. The van der Waals surface area contributed by atoms with Gasteiger partial charge in [-0.05, 0) is 54.8 Å². The Morgan fingerprint density at radius 1 is 1.09 bits per heavy atom. The number of pyridine rings is 1. The lowest BCUT2D eigenvalue weighted by molar-refractivity contribution is -0.132. The second-order valence-electron chi connectivity index (χ2n) is 9.80. The van der Waals surface area contributed by atoms with Crippen LogP contribution in [0.3, 0.4) is 0 Å². The molecule has 0 aliphatic carbocycles. The first kappa shape index (κ1) is 28.9. The number of amides is 1. The van der Waals surface area contributed by atoms with Gasteiger partial charge in [-0.2, -0.15) is 0 Å². The summed E-state index contributed by atoms with van der Waals surface area (Å²) in [6, 6.07) is 19.2. The zero-order valence-electron chi connectivity index (χ0n) is 23.2. The number of halogens is 1. The van der Waals surface area contributed by atoms with E-state index in [-0.39, 0.29) is 16.5 Å². The van der Waals surface area contributed by atoms with Crippen LogP contribution in [-0.2, 0) is 15.3 Å². The number of Topliss-reactive ketones (excluding diaryl/α,β-unsaturated/α-hetero) is 1. The van der Waals surface area contributed by atoms with E-state index in [1.54, 1.807) is 47.9 Å². The summed E-state index contributed by atoms with van der Waals surface area (Å²) in [5.74, 6) is -0.810. The second kappa shape index (κ2) is 12.2. The van der Waals surface area contributed by atoms with Crippen LogP contribution in [-0.4, -0.2) is 43.0 Å². The van der Waals surface area contributed by atoms with E-state index in [4.69, 9.17) is 16.3 Å². The number of aromatic nitrogens is 4. The molecule has 0 radical (unpaired) electrons. The van der Waals surface area contributed by atoms with E-state index in [0.717, 1.165) is 12.0 Å². The molecule has 6 rings (SSSR count). The fourth-order valence-corrected chi connectivity index (χ4v) is 7.13. The molecule has 9 nitrogen and oxygen atoms in total. The van der Waals surface area contributed by atoms with Crippen LogP contribution in [0.15, 0.2) is 82.8 Å². The third kappa shape index (κ3) is 5.51. The first-order valence-corrected chi connectivity index (χ1v) is 15.7. The molecule has 1 atom stereocenters. The Balaban J connectivity index is 1.45. The van der Waals surface area contributed by atoms with Gasteiger partial charge in [0, 0.05) is 17.0 Å². The van der Waals surface area contributed by atoms with Gasteiger partial charge in [0.05, 0.1) is 23.9 Å². The zero-order chi connectivity index (χ0) is 30.1. The Bertz CT molecular complexity index is 1880. The van der Waals surface area contributed by atoms with Gasteiger partial charge in [0.2, 0.25) is 5.13 Å². The fourth-order valence-electron chi connectivity index (χ4n) is 4.98. The van der Waals surface area contributed by atoms with Crippen molar-refractivity contribution in [1.29, 1.82) is 0 Å². The van der Waals surface area contributed by atoms with E-state index in [0.29, 0.717) is 50.1 Å². The van der Waals surface area contributed by atoms with Gasteiger partial charge in [-0.1, -0.05) is 78.0 Å². The highest BCUT2D eigenvalue weighted by Gasteiger charge is 2.49. The van der Waals surface area contributed by atoms with Gasteiger partial charge in [-0.25, -0.2) is 4.98 Å². The SMILES string of the molecule is CCCOc1cccc(C2/C(=C(\O)c3c(C)nc4ccccn34)C(=O)C(=O)N2c2nnc(SCc3ccccc3Cl)s2)c1. The van der Waals surface area contributed by atoms with Crippen LogP contribution < -0.4 is 9.64 Å². The highest BCUT2D eigenvalue weighted by Crippen LogP contribution is 2.45. The first-order chi connectivity index (χ1) is 20.9. The van der Waals surface area contributed by atoms with Gasteiger partial charge in [0.15, 0.2) is 10.1 Å². The number of thioether (sulfide) groups is 1. The molecule has 43 heavy (non-hydrogen) atoms. The number of aliphatic hydroxyl groups excluding tert-OH is 1. The third-order valence-electron chi connectivity index (χ3n) is 6.93. The molecule has 1 saturated heterocycles. The number of carbonyl (C=O) groups excluding carboxylic acids is 2. The van der Waals surface area contributed by atoms with Crippen LogP contribution in [0.4, 0.5) is 5.13 Å². The van der Waals surface area contributed by atoms with Crippen LogP contribution in [0.2, 0.25) is 5.02 Å². The van der Waals surface area contributed by atoms with Gasteiger partial charge >= 0.3 is 5.91 Å². The molecular weight excluding hydrogens is 606 g/mol. The Morgan fingerprint density at radius 3 is 2.72 bits per heavy atom. The molecule has 1 fully saturated rings. The number of anilines is 1. The molecule has 4 heterocycles. The minimum atomic E-state index is -0.979. The summed E-state index contributed by atoms with van der Waals surface area (Å²) in [6.45, 7) is 4.26. The van der Waals surface area contributed by atoms with Gasteiger partial charge < -0.3 is 9.84 Å². The summed E-state index contributed by atoms with van der Waals surface area (Å²) in [5, 5.41) is 21.2.